The van der Waals surface area contributed by atoms with Crippen molar-refractivity contribution in [3.63, 3.8) is 0 Å². The standard InChI is InChI=1S/C26H24N4O6/c1-15-6-5-7-18(12-15)26-30-29-25(36-26)17-10-8-16(9-11-17)23(31)27-28-24(32)19-13-20(33-2)22(35-4)21(14-19)34-3/h5-14H,1-4H3,(H,27,31)(H,28,32). The van der Waals surface area contributed by atoms with E-state index in [0.29, 0.717) is 40.2 Å². The van der Waals surface area contributed by atoms with Gasteiger partial charge in [0.1, 0.15) is 0 Å². The maximum absolute atomic E-state index is 12.6. The van der Waals surface area contributed by atoms with Gasteiger partial charge in [-0.05, 0) is 55.5 Å². The van der Waals surface area contributed by atoms with Crippen LogP contribution in [0, 0.1) is 6.92 Å². The molecule has 1 heterocycles. The SMILES string of the molecule is COc1cc(C(=O)NNC(=O)c2ccc(-c3nnc(-c4cccc(C)c4)o3)cc2)cc(OC)c1OC. The Morgan fingerprint density at radius 3 is 1.86 bits per heavy atom. The van der Waals surface area contributed by atoms with Gasteiger partial charge in [0.15, 0.2) is 11.5 Å². The Labute approximate surface area is 207 Å². The third-order valence-electron chi connectivity index (χ3n) is 5.30. The van der Waals surface area contributed by atoms with Crippen LogP contribution >= 0.6 is 0 Å². The van der Waals surface area contributed by atoms with Gasteiger partial charge in [-0.3, -0.25) is 20.4 Å². The van der Waals surface area contributed by atoms with E-state index >= 15 is 0 Å². The molecule has 0 fully saturated rings. The molecule has 0 atom stereocenters. The minimum absolute atomic E-state index is 0.209. The molecule has 2 amide bonds. The Balaban J connectivity index is 1.42. The first-order valence-electron chi connectivity index (χ1n) is 10.8. The Morgan fingerprint density at radius 1 is 0.722 bits per heavy atom. The first-order chi connectivity index (χ1) is 17.4. The molecule has 0 spiro atoms. The second-order valence-electron chi connectivity index (χ2n) is 7.68. The molecule has 0 radical (unpaired) electrons. The Hall–Kier alpha value is -4.86. The molecule has 2 N–H and O–H groups in total. The molecule has 0 unspecified atom stereocenters. The molecule has 0 aliphatic rings. The highest BCUT2D eigenvalue weighted by Crippen LogP contribution is 2.38. The molecule has 3 aromatic carbocycles. The Bertz CT molecular complexity index is 1370. The van der Waals surface area contributed by atoms with Crippen LogP contribution in [0.2, 0.25) is 0 Å². The van der Waals surface area contributed by atoms with Crippen LogP contribution in [0.5, 0.6) is 17.2 Å². The lowest BCUT2D eigenvalue weighted by Gasteiger charge is -2.14. The van der Waals surface area contributed by atoms with Gasteiger partial charge in [-0.1, -0.05) is 17.7 Å². The van der Waals surface area contributed by atoms with Crippen molar-refractivity contribution in [1.29, 1.82) is 0 Å². The smallest absolute Gasteiger partial charge is 0.269 e. The fraction of sp³-hybridized carbons (Fsp3) is 0.154. The highest BCUT2D eigenvalue weighted by molar-refractivity contribution is 5.99. The third kappa shape index (κ3) is 5.12. The number of hydrogen-bond donors (Lipinski definition) is 2. The number of aromatic nitrogens is 2. The van der Waals surface area contributed by atoms with Crippen LogP contribution < -0.4 is 25.1 Å². The van der Waals surface area contributed by atoms with E-state index in [0.717, 1.165) is 11.1 Å². The first kappa shape index (κ1) is 24.3. The van der Waals surface area contributed by atoms with E-state index in [-0.39, 0.29) is 5.56 Å². The van der Waals surface area contributed by atoms with Gasteiger partial charge in [-0.15, -0.1) is 10.2 Å². The van der Waals surface area contributed by atoms with Crippen LogP contribution in [0.4, 0.5) is 0 Å². The number of nitrogens with one attached hydrogen (secondary N) is 2. The van der Waals surface area contributed by atoms with Gasteiger partial charge in [0.2, 0.25) is 17.5 Å². The monoisotopic (exact) mass is 488 g/mol. The number of aryl methyl sites for hydroxylation is 1. The predicted molar refractivity (Wildman–Crippen MR) is 131 cm³/mol. The molecule has 0 aliphatic heterocycles. The summed E-state index contributed by atoms with van der Waals surface area (Å²) >= 11 is 0. The van der Waals surface area contributed by atoms with Gasteiger partial charge in [-0.25, -0.2) is 0 Å². The summed E-state index contributed by atoms with van der Waals surface area (Å²) < 4.78 is 21.5. The number of hydrogen-bond acceptors (Lipinski definition) is 8. The molecule has 0 saturated carbocycles. The van der Waals surface area contributed by atoms with E-state index in [2.05, 4.69) is 21.0 Å². The van der Waals surface area contributed by atoms with E-state index in [1.54, 1.807) is 24.3 Å². The summed E-state index contributed by atoms with van der Waals surface area (Å²) in [5.74, 6) is 0.653. The van der Waals surface area contributed by atoms with Crippen molar-refractivity contribution < 1.29 is 28.2 Å². The summed E-state index contributed by atoms with van der Waals surface area (Å²) in [6.45, 7) is 1.98. The largest absolute Gasteiger partial charge is 0.493 e. The number of carbonyl (C=O) groups excluding carboxylic acids is 2. The molecule has 4 aromatic rings. The van der Waals surface area contributed by atoms with Crippen molar-refractivity contribution in [2.75, 3.05) is 21.3 Å². The van der Waals surface area contributed by atoms with E-state index in [4.69, 9.17) is 18.6 Å². The average molecular weight is 489 g/mol. The average Bonchev–Trinajstić information content (AvgIpc) is 3.41. The molecule has 0 saturated heterocycles. The van der Waals surface area contributed by atoms with Gasteiger partial charge in [-0.2, -0.15) is 0 Å². The highest BCUT2D eigenvalue weighted by atomic mass is 16.5. The number of amides is 2. The zero-order chi connectivity index (χ0) is 25.7. The normalized spacial score (nSPS) is 10.4. The summed E-state index contributed by atoms with van der Waals surface area (Å²) in [6, 6.07) is 17.3. The lowest BCUT2D eigenvalue weighted by Crippen LogP contribution is -2.41. The molecule has 10 heteroatoms. The van der Waals surface area contributed by atoms with Gasteiger partial charge in [0, 0.05) is 22.3 Å². The zero-order valence-electron chi connectivity index (χ0n) is 20.1. The summed E-state index contributed by atoms with van der Waals surface area (Å²) in [6.07, 6.45) is 0. The second-order valence-corrected chi connectivity index (χ2v) is 7.68. The van der Waals surface area contributed by atoms with E-state index < -0.39 is 11.8 Å². The number of hydrazine groups is 1. The molecular formula is C26H24N4O6. The molecule has 4 rings (SSSR count). The lowest BCUT2D eigenvalue weighted by molar-refractivity contribution is 0.0846. The van der Waals surface area contributed by atoms with Crippen LogP contribution in [-0.2, 0) is 0 Å². The van der Waals surface area contributed by atoms with Gasteiger partial charge in [0.05, 0.1) is 21.3 Å². The molecule has 36 heavy (non-hydrogen) atoms. The minimum Gasteiger partial charge on any atom is -0.493 e. The quantitative estimate of drug-likeness (QED) is 0.376. The predicted octanol–water partition coefficient (Wildman–Crippen LogP) is 3.81. The highest BCUT2D eigenvalue weighted by Gasteiger charge is 2.18. The summed E-state index contributed by atoms with van der Waals surface area (Å²) in [4.78, 5) is 25.1. The Morgan fingerprint density at radius 2 is 1.31 bits per heavy atom. The first-order valence-corrected chi connectivity index (χ1v) is 10.8. The molecule has 0 bridgehead atoms. The number of methoxy groups -OCH3 is 3. The molecular weight excluding hydrogens is 464 g/mol. The number of rotatable bonds is 7. The maximum Gasteiger partial charge on any atom is 0.269 e. The van der Waals surface area contributed by atoms with E-state index in [9.17, 15) is 9.59 Å². The lowest BCUT2D eigenvalue weighted by atomic mass is 10.1. The maximum atomic E-state index is 12.6. The topological polar surface area (TPSA) is 125 Å². The molecule has 0 aliphatic carbocycles. The van der Waals surface area contributed by atoms with Crippen molar-refractivity contribution in [1.82, 2.24) is 21.0 Å². The van der Waals surface area contributed by atoms with Crippen molar-refractivity contribution in [2.45, 2.75) is 6.92 Å². The number of carbonyl (C=O) groups is 2. The van der Waals surface area contributed by atoms with Crippen molar-refractivity contribution in [2.24, 2.45) is 0 Å². The third-order valence-corrected chi connectivity index (χ3v) is 5.30. The number of ether oxygens (including phenoxy) is 3. The van der Waals surface area contributed by atoms with Crippen LogP contribution in [0.1, 0.15) is 26.3 Å². The van der Waals surface area contributed by atoms with Crippen molar-refractivity contribution in [3.8, 4) is 40.2 Å². The summed E-state index contributed by atoms with van der Waals surface area (Å²) in [7, 11) is 4.36. The second kappa shape index (κ2) is 10.6. The van der Waals surface area contributed by atoms with Gasteiger partial charge < -0.3 is 18.6 Å². The fourth-order valence-electron chi connectivity index (χ4n) is 3.47. The van der Waals surface area contributed by atoms with Gasteiger partial charge in [0.25, 0.3) is 11.8 Å². The zero-order valence-corrected chi connectivity index (χ0v) is 20.1. The van der Waals surface area contributed by atoms with E-state index in [1.165, 1.54) is 33.5 Å². The van der Waals surface area contributed by atoms with Crippen LogP contribution in [0.25, 0.3) is 22.9 Å². The van der Waals surface area contributed by atoms with Crippen LogP contribution in [0.3, 0.4) is 0 Å². The van der Waals surface area contributed by atoms with E-state index in [1.807, 2.05) is 31.2 Å². The van der Waals surface area contributed by atoms with Gasteiger partial charge >= 0.3 is 0 Å². The van der Waals surface area contributed by atoms with Crippen molar-refractivity contribution in [3.05, 3.63) is 77.4 Å². The summed E-state index contributed by atoms with van der Waals surface area (Å²) in [5.41, 5.74) is 7.86. The molecule has 1 aromatic heterocycles. The minimum atomic E-state index is -0.561. The molecule has 10 nitrogen and oxygen atoms in total. The van der Waals surface area contributed by atoms with Crippen LogP contribution in [-0.4, -0.2) is 43.3 Å². The number of nitrogens with zero attached hydrogens (tertiary/aromatic N) is 2. The molecule has 184 valence electrons. The Kier molecular flexibility index (Phi) is 7.15. The fourth-order valence-corrected chi connectivity index (χ4v) is 3.47. The summed E-state index contributed by atoms with van der Waals surface area (Å²) in [5, 5.41) is 8.20. The number of benzene rings is 3. The van der Waals surface area contributed by atoms with Crippen molar-refractivity contribution >= 4 is 11.8 Å². The van der Waals surface area contributed by atoms with Crippen LogP contribution in [0.15, 0.2) is 65.1 Å².